The van der Waals surface area contributed by atoms with Crippen molar-refractivity contribution >= 4 is 23.7 Å². The third-order valence-electron chi connectivity index (χ3n) is 6.66. The van der Waals surface area contributed by atoms with Gasteiger partial charge < -0.3 is 26.8 Å². The maximum Gasteiger partial charge on any atom is 0.306 e. The van der Waals surface area contributed by atoms with Crippen LogP contribution in [0.1, 0.15) is 51.9 Å². The number of amides is 3. The van der Waals surface area contributed by atoms with Crippen molar-refractivity contribution in [2.75, 3.05) is 6.54 Å². The van der Waals surface area contributed by atoms with Crippen LogP contribution < -0.4 is 22.1 Å². The predicted molar refractivity (Wildman–Crippen MR) is 104 cm³/mol. The smallest absolute Gasteiger partial charge is 0.306 e. The molecular weight excluding hydrogens is 376 g/mol. The highest BCUT2D eigenvalue weighted by atomic mass is 16.5. The number of hydrogen-bond donors (Lipinski definition) is 4. The van der Waals surface area contributed by atoms with Gasteiger partial charge in [0.1, 0.15) is 18.2 Å². The topological polar surface area (TPSA) is 154 Å². The molecule has 0 radical (unpaired) electrons. The molecule has 6 N–H and O–H groups in total. The van der Waals surface area contributed by atoms with Gasteiger partial charge in [-0.1, -0.05) is 0 Å². The summed E-state index contributed by atoms with van der Waals surface area (Å²) in [6, 6.07) is -1.88. The summed E-state index contributed by atoms with van der Waals surface area (Å²) in [6.45, 7) is 1.23. The molecule has 9 nitrogen and oxygen atoms in total. The zero-order valence-electron chi connectivity index (χ0n) is 16.9. The van der Waals surface area contributed by atoms with E-state index in [1.807, 2.05) is 0 Å². The second-order valence-corrected chi connectivity index (χ2v) is 8.88. The predicted octanol–water partition coefficient (Wildman–Crippen LogP) is -0.432. The Bertz CT molecular complexity index is 639. The van der Waals surface area contributed by atoms with Crippen molar-refractivity contribution in [1.82, 2.24) is 10.6 Å². The zero-order valence-corrected chi connectivity index (χ0v) is 16.9. The number of esters is 1. The number of carbonyl (C=O) groups is 4. The first kappa shape index (κ1) is 21.5. The van der Waals surface area contributed by atoms with Crippen molar-refractivity contribution in [2.45, 2.75) is 70.1 Å². The lowest BCUT2D eigenvalue weighted by Crippen LogP contribution is -2.52. The molecule has 0 spiro atoms. The summed E-state index contributed by atoms with van der Waals surface area (Å²) in [6.07, 6.45) is 5.98. The summed E-state index contributed by atoms with van der Waals surface area (Å²) in [5.74, 6) is 0.383. The van der Waals surface area contributed by atoms with Gasteiger partial charge in [-0.05, 0) is 69.1 Å². The summed E-state index contributed by atoms with van der Waals surface area (Å²) in [4.78, 5) is 47.5. The van der Waals surface area contributed by atoms with E-state index >= 15 is 0 Å². The minimum Gasteiger partial charge on any atom is -0.462 e. The van der Waals surface area contributed by atoms with E-state index in [1.54, 1.807) is 0 Å². The van der Waals surface area contributed by atoms with E-state index in [0.29, 0.717) is 11.8 Å². The molecule has 0 heterocycles. The highest BCUT2D eigenvalue weighted by Gasteiger charge is 2.49. The van der Waals surface area contributed by atoms with E-state index < -0.39 is 29.8 Å². The molecule has 4 aliphatic rings. The van der Waals surface area contributed by atoms with Crippen molar-refractivity contribution in [2.24, 2.45) is 35.1 Å². The average molecular weight is 408 g/mol. The molecular formula is C20H32N4O5. The molecule has 4 aliphatic carbocycles. The minimum atomic E-state index is -1.01. The van der Waals surface area contributed by atoms with Crippen LogP contribution in [0.25, 0.3) is 0 Å². The third-order valence-corrected chi connectivity index (χ3v) is 6.66. The lowest BCUT2D eigenvalue weighted by Gasteiger charge is -2.53. The van der Waals surface area contributed by atoms with Crippen LogP contribution >= 0.6 is 0 Å². The van der Waals surface area contributed by atoms with Gasteiger partial charge >= 0.3 is 5.97 Å². The first-order valence-corrected chi connectivity index (χ1v) is 10.5. The molecule has 4 saturated carbocycles. The summed E-state index contributed by atoms with van der Waals surface area (Å²) < 4.78 is 5.80. The summed E-state index contributed by atoms with van der Waals surface area (Å²) in [5.41, 5.74) is 10.6. The van der Waals surface area contributed by atoms with Gasteiger partial charge in [0.25, 0.3) is 0 Å². The fourth-order valence-electron chi connectivity index (χ4n) is 5.49. The van der Waals surface area contributed by atoms with Crippen molar-refractivity contribution in [1.29, 1.82) is 0 Å². The molecule has 3 amide bonds. The normalized spacial score (nSPS) is 31.6. The number of rotatable bonds is 9. The number of nitrogens with one attached hydrogen (secondary N) is 2. The summed E-state index contributed by atoms with van der Waals surface area (Å²) in [7, 11) is 0. The molecule has 0 aliphatic heterocycles. The van der Waals surface area contributed by atoms with Crippen LogP contribution in [-0.2, 0) is 23.9 Å². The highest BCUT2D eigenvalue weighted by molar-refractivity contribution is 5.91. The first-order valence-electron chi connectivity index (χ1n) is 10.5. The van der Waals surface area contributed by atoms with Crippen LogP contribution in [0.15, 0.2) is 0 Å². The maximum atomic E-state index is 12.4. The van der Waals surface area contributed by atoms with E-state index in [9.17, 15) is 19.2 Å². The standard InChI is InChI=1S/C20H32N4O5/c1-10(23-16(25)9-21)20(28)24-15(19(22)27)2-3-17(26)29-18-13-5-11-4-12(7-13)8-14(18)6-11/h10-15,18H,2-9,21H2,1H3,(H2,22,27)(H,23,25)(H,24,28)/t10-,11?,12?,13?,14?,15+,18?/m0/s1. The summed E-state index contributed by atoms with van der Waals surface area (Å²) >= 11 is 0. The minimum absolute atomic E-state index is 0.000222. The molecule has 0 aromatic heterocycles. The molecule has 0 unspecified atom stereocenters. The maximum absolute atomic E-state index is 12.4. The molecule has 4 rings (SSSR count). The van der Waals surface area contributed by atoms with E-state index in [2.05, 4.69) is 10.6 Å². The molecule has 0 saturated heterocycles. The van der Waals surface area contributed by atoms with E-state index in [-0.39, 0.29) is 31.5 Å². The monoisotopic (exact) mass is 408 g/mol. The molecule has 29 heavy (non-hydrogen) atoms. The van der Waals surface area contributed by atoms with Crippen LogP contribution in [0.4, 0.5) is 0 Å². The lowest BCUT2D eigenvalue weighted by atomic mass is 9.55. The SMILES string of the molecule is C[C@H](NC(=O)CN)C(=O)N[C@H](CCC(=O)OC1C2CC3CC(C2)CC1C3)C(N)=O. The van der Waals surface area contributed by atoms with Gasteiger partial charge in [-0.2, -0.15) is 0 Å². The molecule has 0 aromatic carbocycles. The van der Waals surface area contributed by atoms with Gasteiger partial charge in [0.15, 0.2) is 0 Å². The number of primary amides is 1. The Balaban J connectivity index is 1.46. The first-order chi connectivity index (χ1) is 13.8. The number of ether oxygens (including phenoxy) is 1. The Kier molecular flexibility index (Phi) is 6.77. The molecule has 0 aromatic rings. The van der Waals surface area contributed by atoms with E-state index in [0.717, 1.165) is 37.5 Å². The third kappa shape index (κ3) is 5.26. The molecule has 9 heteroatoms. The Labute approximate surface area is 170 Å². The van der Waals surface area contributed by atoms with Crippen molar-refractivity contribution in [3.8, 4) is 0 Å². The largest absolute Gasteiger partial charge is 0.462 e. The van der Waals surface area contributed by atoms with Gasteiger partial charge in [0.05, 0.1) is 6.54 Å². The average Bonchev–Trinajstić information content (AvgIpc) is 2.66. The van der Waals surface area contributed by atoms with Crippen LogP contribution in [0.2, 0.25) is 0 Å². The van der Waals surface area contributed by atoms with Crippen LogP contribution in [-0.4, -0.2) is 48.4 Å². The molecule has 4 fully saturated rings. The number of carbonyl (C=O) groups excluding carboxylic acids is 4. The number of nitrogens with two attached hydrogens (primary N) is 2. The van der Waals surface area contributed by atoms with Crippen LogP contribution in [0.3, 0.4) is 0 Å². The van der Waals surface area contributed by atoms with Crippen LogP contribution in [0, 0.1) is 23.7 Å². The van der Waals surface area contributed by atoms with Gasteiger partial charge in [-0.3, -0.25) is 19.2 Å². The summed E-state index contributed by atoms with van der Waals surface area (Å²) in [5, 5.41) is 4.88. The van der Waals surface area contributed by atoms with Crippen LogP contribution in [0.5, 0.6) is 0 Å². The van der Waals surface area contributed by atoms with Crippen molar-refractivity contribution < 1.29 is 23.9 Å². The van der Waals surface area contributed by atoms with E-state index in [4.69, 9.17) is 16.2 Å². The van der Waals surface area contributed by atoms with Crippen molar-refractivity contribution in [3.05, 3.63) is 0 Å². The fourth-order valence-corrected chi connectivity index (χ4v) is 5.49. The number of hydrogen-bond acceptors (Lipinski definition) is 6. The van der Waals surface area contributed by atoms with Gasteiger partial charge in [0.2, 0.25) is 17.7 Å². The Morgan fingerprint density at radius 1 is 1.00 bits per heavy atom. The fraction of sp³-hybridized carbons (Fsp3) is 0.800. The van der Waals surface area contributed by atoms with Gasteiger partial charge in [-0.15, -0.1) is 0 Å². The second kappa shape index (κ2) is 9.11. The molecule has 4 bridgehead atoms. The Morgan fingerprint density at radius 2 is 1.59 bits per heavy atom. The van der Waals surface area contributed by atoms with Crippen molar-refractivity contribution in [3.63, 3.8) is 0 Å². The molecule has 2 atom stereocenters. The van der Waals surface area contributed by atoms with Gasteiger partial charge in [-0.25, -0.2) is 0 Å². The Morgan fingerprint density at radius 3 is 2.10 bits per heavy atom. The quantitative estimate of drug-likeness (QED) is 0.380. The zero-order chi connectivity index (χ0) is 21.1. The molecule has 162 valence electrons. The Hall–Kier alpha value is -2.16. The van der Waals surface area contributed by atoms with E-state index in [1.165, 1.54) is 13.3 Å². The van der Waals surface area contributed by atoms with Gasteiger partial charge in [0, 0.05) is 6.42 Å². The second-order valence-electron chi connectivity index (χ2n) is 8.88. The highest BCUT2D eigenvalue weighted by Crippen LogP contribution is 2.54. The lowest BCUT2D eigenvalue weighted by molar-refractivity contribution is -0.171.